The summed E-state index contributed by atoms with van der Waals surface area (Å²) in [5, 5.41) is 6.55. The van der Waals surface area contributed by atoms with Crippen LogP contribution in [0.4, 0.5) is 0 Å². The van der Waals surface area contributed by atoms with Crippen LogP contribution in [-0.4, -0.2) is 33.0 Å². The molecule has 1 heterocycles. The van der Waals surface area contributed by atoms with E-state index in [1.54, 1.807) is 4.90 Å². The van der Waals surface area contributed by atoms with Gasteiger partial charge in [-0.2, -0.15) is 5.10 Å². The van der Waals surface area contributed by atoms with Crippen molar-refractivity contribution in [2.45, 2.75) is 25.8 Å². The molecule has 0 saturated heterocycles. The number of hydrogen-bond donors (Lipinski definition) is 1. The number of nitrogens with one attached hydrogen (secondary N) is 1. The molecule has 0 aromatic carbocycles. The van der Waals surface area contributed by atoms with Crippen molar-refractivity contribution in [1.29, 1.82) is 0 Å². The maximum absolute atomic E-state index is 12.1. The first-order valence-electron chi connectivity index (χ1n) is 5.83. The molecule has 3 rings (SSSR count). The Bertz CT molecular complexity index is 379. The molecule has 5 nitrogen and oxygen atoms in total. The summed E-state index contributed by atoms with van der Waals surface area (Å²) < 4.78 is 0. The van der Waals surface area contributed by atoms with Crippen molar-refractivity contribution in [3.05, 3.63) is 12.2 Å². The van der Waals surface area contributed by atoms with E-state index in [2.05, 4.69) is 15.2 Å². The van der Waals surface area contributed by atoms with Gasteiger partial charge in [0.05, 0.1) is 6.54 Å². The third-order valence-electron chi connectivity index (χ3n) is 3.82. The maximum Gasteiger partial charge on any atom is 0.225 e. The lowest BCUT2D eigenvalue weighted by Crippen LogP contribution is -2.32. The van der Waals surface area contributed by atoms with E-state index < -0.39 is 0 Å². The standard InChI is InChI=1S/C11H16N4O/c1-15(5-10-12-6-13-14-10)11(16)9-3-7-2-8(7)4-9/h6-9H,2-5H2,1H3,(H,12,13,14). The molecule has 2 aliphatic rings. The van der Waals surface area contributed by atoms with Crippen LogP contribution in [0.2, 0.25) is 0 Å². The molecule has 1 aromatic heterocycles. The Morgan fingerprint density at radius 1 is 1.50 bits per heavy atom. The van der Waals surface area contributed by atoms with Gasteiger partial charge in [-0.15, -0.1) is 0 Å². The van der Waals surface area contributed by atoms with Crippen LogP contribution < -0.4 is 0 Å². The molecule has 2 atom stereocenters. The highest BCUT2D eigenvalue weighted by molar-refractivity contribution is 5.79. The summed E-state index contributed by atoms with van der Waals surface area (Å²) in [4.78, 5) is 17.9. The summed E-state index contributed by atoms with van der Waals surface area (Å²) in [5.74, 6) is 2.99. The topological polar surface area (TPSA) is 61.9 Å². The average Bonchev–Trinajstić information content (AvgIpc) is 2.72. The first-order valence-corrected chi connectivity index (χ1v) is 5.83. The number of rotatable bonds is 3. The molecule has 2 fully saturated rings. The number of hydrogen-bond acceptors (Lipinski definition) is 3. The minimum absolute atomic E-state index is 0.261. The fourth-order valence-corrected chi connectivity index (χ4v) is 2.84. The molecule has 1 aromatic rings. The van der Waals surface area contributed by atoms with Crippen molar-refractivity contribution >= 4 is 5.91 Å². The van der Waals surface area contributed by atoms with Crippen LogP contribution in [0, 0.1) is 17.8 Å². The Hall–Kier alpha value is -1.39. The first-order chi connectivity index (χ1) is 7.74. The largest absolute Gasteiger partial charge is 0.338 e. The van der Waals surface area contributed by atoms with Gasteiger partial charge in [0.15, 0.2) is 0 Å². The molecule has 2 unspecified atom stereocenters. The number of aromatic amines is 1. The minimum atomic E-state index is 0.261. The van der Waals surface area contributed by atoms with Gasteiger partial charge in [-0.1, -0.05) is 0 Å². The Balaban J connectivity index is 1.57. The lowest BCUT2D eigenvalue weighted by atomic mass is 10.0. The van der Waals surface area contributed by atoms with Crippen molar-refractivity contribution in [2.75, 3.05) is 7.05 Å². The zero-order chi connectivity index (χ0) is 11.1. The van der Waals surface area contributed by atoms with Gasteiger partial charge >= 0.3 is 0 Å². The van der Waals surface area contributed by atoms with Crippen LogP contribution >= 0.6 is 0 Å². The predicted octanol–water partition coefficient (Wildman–Crippen LogP) is 0.809. The molecule has 0 bridgehead atoms. The van der Waals surface area contributed by atoms with E-state index in [4.69, 9.17) is 0 Å². The molecular weight excluding hydrogens is 204 g/mol. The molecule has 16 heavy (non-hydrogen) atoms. The fourth-order valence-electron chi connectivity index (χ4n) is 2.84. The summed E-state index contributed by atoms with van der Waals surface area (Å²) in [5.41, 5.74) is 0. The lowest BCUT2D eigenvalue weighted by molar-refractivity contribution is -0.135. The molecule has 86 valence electrons. The second kappa shape index (κ2) is 3.57. The maximum atomic E-state index is 12.1. The van der Waals surface area contributed by atoms with Crippen LogP contribution in [0.1, 0.15) is 25.1 Å². The molecule has 1 N–H and O–H groups in total. The van der Waals surface area contributed by atoms with Crippen LogP contribution in [0.5, 0.6) is 0 Å². The van der Waals surface area contributed by atoms with Gasteiger partial charge in [0.25, 0.3) is 0 Å². The van der Waals surface area contributed by atoms with Crippen molar-refractivity contribution < 1.29 is 4.79 Å². The number of fused-ring (bicyclic) bond motifs is 1. The summed E-state index contributed by atoms with van der Waals surface area (Å²) >= 11 is 0. The van der Waals surface area contributed by atoms with Crippen molar-refractivity contribution in [1.82, 2.24) is 20.1 Å². The van der Waals surface area contributed by atoms with Crippen molar-refractivity contribution in [2.24, 2.45) is 17.8 Å². The quantitative estimate of drug-likeness (QED) is 0.820. The van der Waals surface area contributed by atoms with Crippen LogP contribution in [0.15, 0.2) is 6.33 Å². The highest BCUT2D eigenvalue weighted by atomic mass is 16.2. The first kappa shape index (κ1) is 9.81. The van der Waals surface area contributed by atoms with Crippen LogP contribution in [0.3, 0.4) is 0 Å². The second-order valence-electron chi connectivity index (χ2n) is 5.05. The summed E-state index contributed by atoms with van der Waals surface area (Å²) in [7, 11) is 1.84. The monoisotopic (exact) mass is 220 g/mol. The van der Waals surface area contributed by atoms with E-state index in [-0.39, 0.29) is 11.8 Å². The minimum Gasteiger partial charge on any atom is -0.338 e. The van der Waals surface area contributed by atoms with Crippen LogP contribution in [0.25, 0.3) is 0 Å². The zero-order valence-corrected chi connectivity index (χ0v) is 9.39. The average molecular weight is 220 g/mol. The van der Waals surface area contributed by atoms with Gasteiger partial charge in [-0.25, -0.2) is 4.98 Å². The Labute approximate surface area is 94.2 Å². The van der Waals surface area contributed by atoms with E-state index >= 15 is 0 Å². The molecule has 2 saturated carbocycles. The second-order valence-corrected chi connectivity index (χ2v) is 5.05. The number of nitrogens with zero attached hydrogens (tertiary/aromatic N) is 3. The highest BCUT2D eigenvalue weighted by Crippen LogP contribution is 2.54. The molecular formula is C11H16N4O. The van der Waals surface area contributed by atoms with Gasteiger partial charge in [0, 0.05) is 13.0 Å². The number of carbonyl (C=O) groups is 1. The number of aromatic nitrogens is 3. The van der Waals surface area contributed by atoms with Gasteiger partial charge in [-0.3, -0.25) is 9.89 Å². The van der Waals surface area contributed by atoms with Gasteiger partial charge in [0.2, 0.25) is 5.91 Å². The molecule has 0 radical (unpaired) electrons. The van der Waals surface area contributed by atoms with E-state index in [1.165, 1.54) is 12.7 Å². The van der Waals surface area contributed by atoms with E-state index in [0.717, 1.165) is 30.5 Å². The third-order valence-corrected chi connectivity index (χ3v) is 3.82. The Morgan fingerprint density at radius 3 is 2.88 bits per heavy atom. The number of H-pyrrole nitrogens is 1. The SMILES string of the molecule is CN(Cc1ncn[nH]1)C(=O)C1CC2CC2C1. The fraction of sp³-hybridized carbons (Fsp3) is 0.727. The summed E-state index contributed by atoms with van der Waals surface area (Å²) in [6.45, 7) is 0.532. The van der Waals surface area contributed by atoms with Crippen molar-refractivity contribution in [3.63, 3.8) is 0 Å². The van der Waals surface area contributed by atoms with Gasteiger partial charge < -0.3 is 4.90 Å². The Morgan fingerprint density at radius 2 is 2.25 bits per heavy atom. The summed E-state index contributed by atoms with van der Waals surface area (Å²) in [6.07, 6.45) is 5.03. The normalized spacial score (nSPS) is 31.2. The van der Waals surface area contributed by atoms with E-state index in [9.17, 15) is 4.79 Å². The molecule has 2 aliphatic carbocycles. The lowest BCUT2D eigenvalue weighted by Gasteiger charge is -2.20. The summed E-state index contributed by atoms with van der Waals surface area (Å²) in [6, 6.07) is 0. The number of amides is 1. The predicted molar refractivity (Wildman–Crippen MR) is 57.2 cm³/mol. The van der Waals surface area contributed by atoms with E-state index in [1.807, 2.05) is 7.05 Å². The zero-order valence-electron chi connectivity index (χ0n) is 9.39. The molecule has 0 spiro atoms. The van der Waals surface area contributed by atoms with Gasteiger partial charge in [-0.05, 0) is 31.1 Å². The third kappa shape index (κ3) is 1.70. The van der Waals surface area contributed by atoms with Crippen LogP contribution in [-0.2, 0) is 11.3 Å². The Kier molecular flexibility index (Phi) is 2.19. The molecule has 5 heteroatoms. The van der Waals surface area contributed by atoms with E-state index in [0.29, 0.717) is 6.54 Å². The number of carbonyl (C=O) groups excluding carboxylic acids is 1. The van der Waals surface area contributed by atoms with Gasteiger partial charge in [0.1, 0.15) is 12.2 Å². The highest BCUT2D eigenvalue weighted by Gasteiger charge is 2.48. The van der Waals surface area contributed by atoms with Crippen molar-refractivity contribution in [3.8, 4) is 0 Å². The molecule has 1 amide bonds. The smallest absolute Gasteiger partial charge is 0.225 e. The molecule has 0 aliphatic heterocycles.